The van der Waals surface area contributed by atoms with Gasteiger partial charge in [-0.2, -0.15) is 0 Å². The third-order valence-corrected chi connectivity index (χ3v) is 2.38. The van der Waals surface area contributed by atoms with Crippen molar-refractivity contribution < 1.29 is 13.2 Å². The van der Waals surface area contributed by atoms with E-state index < -0.39 is 23.5 Å². The summed E-state index contributed by atoms with van der Waals surface area (Å²) in [5.74, 6) is -2.10. The standard InChI is InChI=1S/C12H9F3N2/c13-8-3-7(4-9(14)5-8)12(16)10-1-2-17-6-11(10)15/h1-6,12H,16H2. The number of hydrogen-bond acceptors (Lipinski definition) is 2. The van der Waals surface area contributed by atoms with E-state index in [0.29, 0.717) is 0 Å². The van der Waals surface area contributed by atoms with Crippen molar-refractivity contribution in [2.75, 3.05) is 0 Å². The van der Waals surface area contributed by atoms with Crippen LogP contribution in [0.25, 0.3) is 0 Å². The molecule has 0 saturated carbocycles. The van der Waals surface area contributed by atoms with Crippen LogP contribution in [-0.4, -0.2) is 4.98 Å². The first kappa shape index (κ1) is 11.6. The van der Waals surface area contributed by atoms with E-state index in [2.05, 4.69) is 4.98 Å². The third-order valence-electron chi connectivity index (χ3n) is 2.38. The topological polar surface area (TPSA) is 38.9 Å². The molecule has 0 radical (unpaired) electrons. The average Bonchev–Trinajstić information content (AvgIpc) is 2.27. The molecule has 2 nitrogen and oxygen atoms in total. The van der Waals surface area contributed by atoms with Crippen molar-refractivity contribution in [3.05, 3.63) is 65.2 Å². The summed E-state index contributed by atoms with van der Waals surface area (Å²) in [6.07, 6.45) is 2.37. The normalized spacial score (nSPS) is 12.5. The summed E-state index contributed by atoms with van der Waals surface area (Å²) < 4.78 is 39.4. The molecule has 2 aromatic rings. The molecule has 1 aromatic heterocycles. The van der Waals surface area contributed by atoms with E-state index in [-0.39, 0.29) is 11.1 Å². The second-order valence-electron chi connectivity index (χ2n) is 3.58. The molecule has 88 valence electrons. The van der Waals surface area contributed by atoms with Crippen LogP contribution >= 0.6 is 0 Å². The van der Waals surface area contributed by atoms with Crippen molar-refractivity contribution in [3.63, 3.8) is 0 Å². The molecule has 1 heterocycles. The van der Waals surface area contributed by atoms with Gasteiger partial charge in [-0.1, -0.05) is 0 Å². The number of nitrogens with zero attached hydrogens (tertiary/aromatic N) is 1. The molecule has 17 heavy (non-hydrogen) atoms. The zero-order chi connectivity index (χ0) is 12.4. The van der Waals surface area contributed by atoms with Gasteiger partial charge in [0.25, 0.3) is 0 Å². The highest BCUT2D eigenvalue weighted by atomic mass is 19.1. The van der Waals surface area contributed by atoms with Crippen molar-refractivity contribution in [1.82, 2.24) is 4.98 Å². The van der Waals surface area contributed by atoms with Gasteiger partial charge in [-0.15, -0.1) is 0 Å². The summed E-state index contributed by atoms with van der Waals surface area (Å²) in [6, 6.07) is 3.34. The number of hydrogen-bond donors (Lipinski definition) is 1. The summed E-state index contributed by atoms with van der Waals surface area (Å²) in [6.45, 7) is 0. The number of benzene rings is 1. The second kappa shape index (κ2) is 4.55. The predicted octanol–water partition coefficient (Wildman–Crippen LogP) is 2.55. The zero-order valence-corrected chi connectivity index (χ0v) is 8.70. The fourth-order valence-electron chi connectivity index (χ4n) is 1.57. The first-order valence-corrected chi connectivity index (χ1v) is 4.89. The van der Waals surface area contributed by atoms with Gasteiger partial charge in [0.2, 0.25) is 0 Å². The minimum Gasteiger partial charge on any atom is -0.320 e. The van der Waals surface area contributed by atoms with Crippen molar-refractivity contribution >= 4 is 0 Å². The molecule has 0 aliphatic rings. The molecule has 0 aliphatic heterocycles. The summed E-state index contributed by atoms with van der Waals surface area (Å²) in [5.41, 5.74) is 6.07. The van der Waals surface area contributed by atoms with Gasteiger partial charge >= 0.3 is 0 Å². The lowest BCUT2D eigenvalue weighted by molar-refractivity contribution is 0.570. The highest BCUT2D eigenvalue weighted by molar-refractivity contribution is 5.31. The third kappa shape index (κ3) is 2.45. The van der Waals surface area contributed by atoms with Crippen LogP contribution in [0.1, 0.15) is 17.2 Å². The Morgan fingerprint density at radius 2 is 1.71 bits per heavy atom. The summed E-state index contributed by atoms with van der Waals surface area (Å²) in [5, 5.41) is 0. The number of pyridine rings is 1. The largest absolute Gasteiger partial charge is 0.320 e. The van der Waals surface area contributed by atoms with Crippen molar-refractivity contribution in [2.24, 2.45) is 5.73 Å². The van der Waals surface area contributed by atoms with Crippen LogP contribution in [-0.2, 0) is 0 Å². The Balaban J connectivity index is 2.43. The lowest BCUT2D eigenvalue weighted by Gasteiger charge is -2.13. The molecule has 1 atom stereocenters. The van der Waals surface area contributed by atoms with E-state index in [1.165, 1.54) is 12.3 Å². The lowest BCUT2D eigenvalue weighted by Crippen LogP contribution is -2.14. The zero-order valence-electron chi connectivity index (χ0n) is 8.70. The molecule has 0 spiro atoms. The molecule has 0 bridgehead atoms. The van der Waals surface area contributed by atoms with E-state index in [9.17, 15) is 13.2 Å². The van der Waals surface area contributed by atoms with Crippen LogP contribution in [0.3, 0.4) is 0 Å². The molecular weight excluding hydrogens is 229 g/mol. The maximum Gasteiger partial charge on any atom is 0.146 e. The SMILES string of the molecule is NC(c1cc(F)cc(F)c1)c1ccncc1F. The van der Waals surface area contributed by atoms with Crippen LogP contribution in [0.15, 0.2) is 36.7 Å². The molecule has 1 unspecified atom stereocenters. The summed E-state index contributed by atoms with van der Waals surface area (Å²) >= 11 is 0. The number of halogens is 3. The first-order chi connectivity index (χ1) is 8.08. The van der Waals surface area contributed by atoms with Crippen LogP contribution < -0.4 is 5.73 Å². The van der Waals surface area contributed by atoms with Gasteiger partial charge in [0, 0.05) is 17.8 Å². The number of nitrogens with two attached hydrogens (primary N) is 1. The number of rotatable bonds is 2. The molecule has 5 heteroatoms. The van der Waals surface area contributed by atoms with E-state index >= 15 is 0 Å². The van der Waals surface area contributed by atoms with E-state index in [4.69, 9.17) is 5.73 Å². The Morgan fingerprint density at radius 1 is 1.06 bits per heavy atom. The lowest BCUT2D eigenvalue weighted by atomic mass is 10.00. The molecule has 0 aliphatic carbocycles. The van der Waals surface area contributed by atoms with Crippen LogP contribution in [0.4, 0.5) is 13.2 Å². The van der Waals surface area contributed by atoms with Gasteiger partial charge in [0.1, 0.15) is 17.5 Å². The van der Waals surface area contributed by atoms with Crippen LogP contribution in [0.5, 0.6) is 0 Å². The highest BCUT2D eigenvalue weighted by Crippen LogP contribution is 2.22. The van der Waals surface area contributed by atoms with E-state index in [0.717, 1.165) is 24.4 Å². The van der Waals surface area contributed by atoms with E-state index in [1.807, 2.05) is 0 Å². The quantitative estimate of drug-likeness (QED) is 0.873. The molecular formula is C12H9F3N2. The maximum absolute atomic E-state index is 13.4. The smallest absolute Gasteiger partial charge is 0.146 e. The minimum atomic E-state index is -0.928. The van der Waals surface area contributed by atoms with Gasteiger partial charge in [-0.3, -0.25) is 4.98 Å². The maximum atomic E-state index is 13.4. The fraction of sp³-hybridized carbons (Fsp3) is 0.0833. The molecule has 0 fully saturated rings. The summed E-state index contributed by atoms with van der Waals surface area (Å²) in [4.78, 5) is 3.58. The molecule has 0 amide bonds. The van der Waals surface area contributed by atoms with Gasteiger partial charge in [0.05, 0.1) is 12.2 Å². The van der Waals surface area contributed by atoms with Crippen LogP contribution in [0, 0.1) is 17.5 Å². The number of aromatic nitrogens is 1. The fourth-order valence-corrected chi connectivity index (χ4v) is 1.57. The van der Waals surface area contributed by atoms with Crippen molar-refractivity contribution in [2.45, 2.75) is 6.04 Å². The molecule has 2 N–H and O–H groups in total. The van der Waals surface area contributed by atoms with Gasteiger partial charge in [0.15, 0.2) is 0 Å². The Labute approximate surface area is 95.9 Å². The summed E-state index contributed by atoms with van der Waals surface area (Å²) in [7, 11) is 0. The van der Waals surface area contributed by atoms with Crippen molar-refractivity contribution in [3.8, 4) is 0 Å². The first-order valence-electron chi connectivity index (χ1n) is 4.89. The highest BCUT2D eigenvalue weighted by Gasteiger charge is 2.15. The van der Waals surface area contributed by atoms with Gasteiger partial charge in [-0.25, -0.2) is 13.2 Å². The minimum absolute atomic E-state index is 0.144. The molecule has 1 aromatic carbocycles. The molecule has 2 rings (SSSR count). The Hall–Kier alpha value is -1.88. The molecule has 0 saturated heterocycles. The van der Waals surface area contributed by atoms with Gasteiger partial charge in [-0.05, 0) is 23.8 Å². The van der Waals surface area contributed by atoms with Crippen molar-refractivity contribution in [1.29, 1.82) is 0 Å². The Bertz CT molecular complexity index is 523. The predicted molar refractivity (Wildman–Crippen MR) is 56.6 cm³/mol. The second-order valence-corrected chi connectivity index (χ2v) is 3.58. The van der Waals surface area contributed by atoms with Gasteiger partial charge < -0.3 is 5.73 Å². The Morgan fingerprint density at radius 3 is 2.29 bits per heavy atom. The van der Waals surface area contributed by atoms with Crippen LogP contribution in [0.2, 0.25) is 0 Å². The van der Waals surface area contributed by atoms with E-state index in [1.54, 1.807) is 0 Å². The Kier molecular flexibility index (Phi) is 3.10. The average molecular weight is 238 g/mol. The monoisotopic (exact) mass is 238 g/mol.